The Kier molecular flexibility index (Phi) is 4.12. The summed E-state index contributed by atoms with van der Waals surface area (Å²) in [6.07, 6.45) is 14.4. The number of aromatic nitrogens is 4. The molecule has 0 saturated carbocycles. The Morgan fingerprint density at radius 1 is 1.09 bits per heavy atom. The van der Waals surface area contributed by atoms with Crippen LogP contribution in [0.4, 0.5) is 0 Å². The van der Waals surface area contributed by atoms with Crippen molar-refractivity contribution in [3.05, 3.63) is 72.3 Å². The molecule has 0 radical (unpaired) electrons. The van der Waals surface area contributed by atoms with Crippen LogP contribution in [0.15, 0.2) is 66.2 Å². The molecule has 0 spiro atoms. The molecule has 0 N–H and O–H groups in total. The van der Waals surface area contributed by atoms with Crippen LogP contribution >= 0.6 is 0 Å². The summed E-state index contributed by atoms with van der Waals surface area (Å²) in [6, 6.07) is 11.5. The maximum Gasteiger partial charge on any atom is 0.162 e. The molecule has 3 rings (SSSR count). The second-order valence-electron chi connectivity index (χ2n) is 4.71. The van der Waals surface area contributed by atoms with E-state index in [1.165, 1.54) is 0 Å². The van der Waals surface area contributed by atoms with Gasteiger partial charge in [0.15, 0.2) is 6.17 Å². The molecule has 2 heterocycles. The van der Waals surface area contributed by atoms with Gasteiger partial charge in [-0.25, -0.2) is 9.36 Å². The van der Waals surface area contributed by atoms with E-state index in [-0.39, 0.29) is 6.17 Å². The molecule has 0 aliphatic heterocycles. The Hall–Kier alpha value is -3.13. The molecule has 0 saturated heterocycles. The molecule has 0 unspecified atom stereocenters. The third-order valence-corrected chi connectivity index (χ3v) is 3.25. The third kappa shape index (κ3) is 3.13. The van der Waals surface area contributed by atoms with Crippen molar-refractivity contribution in [3.63, 3.8) is 0 Å². The molecule has 3 aromatic rings. The standard InChI is InChI=1S/C17H15N5/c1-2-15-5-7-16(8-6-15)13-18-14-17(21-11-3-9-19-21)22-12-4-10-20-22/h1,3-13,17H,14H2. The molecular weight excluding hydrogens is 274 g/mol. The van der Waals surface area contributed by atoms with E-state index in [2.05, 4.69) is 21.1 Å². The molecule has 1 aromatic carbocycles. The van der Waals surface area contributed by atoms with Crippen LogP contribution in [0, 0.1) is 12.3 Å². The van der Waals surface area contributed by atoms with Crippen molar-refractivity contribution in [1.82, 2.24) is 19.6 Å². The fourth-order valence-corrected chi connectivity index (χ4v) is 2.12. The number of aliphatic imine (C=N–C) groups is 1. The van der Waals surface area contributed by atoms with Gasteiger partial charge in [0.2, 0.25) is 0 Å². The van der Waals surface area contributed by atoms with Gasteiger partial charge >= 0.3 is 0 Å². The summed E-state index contributed by atoms with van der Waals surface area (Å²) in [5, 5.41) is 8.56. The van der Waals surface area contributed by atoms with Crippen LogP contribution < -0.4 is 0 Å². The Balaban J connectivity index is 1.74. The van der Waals surface area contributed by atoms with Crippen molar-refractivity contribution in [2.45, 2.75) is 6.17 Å². The van der Waals surface area contributed by atoms with Gasteiger partial charge in [0.25, 0.3) is 0 Å². The first kappa shape index (κ1) is 13.8. The fourth-order valence-electron chi connectivity index (χ4n) is 2.12. The van der Waals surface area contributed by atoms with E-state index in [4.69, 9.17) is 6.42 Å². The molecular formula is C17H15N5. The van der Waals surface area contributed by atoms with Gasteiger partial charge in [-0.1, -0.05) is 18.1 Å². The first-order valence-corrected chi connectivity index (χ1v) is 6.91. The molecule has 22 heavy (non-hydrogen) atoms. The van der Waals surface area contributed by atoms with Crippen LogP contribution in [0.2, 0.25) is 0 Å². The van der Waals surface area contributed by atoms with Crippen LogP contribution in [0.25, 0.3) is 0 Å². The topological polar surface area (TPSA) is 48.0 Å². The highest BCUT2D eigenvalue weighted by Gasteiger charge is 2.12. The van der Waals surface area contributed by atoms with Gasteiger partial charge in [-0.2, -0.15) is 10.2 Å². The second-order valence-corrected chi connectivity index (χ2v) is 4.71. The largest absolute Gasteiger partial charge is 0.288 e. The van der Waals surface area contributed by atoms with Crippen molar-refractivity contribution >= 4 is 6.21 Å². The van der Waals surface area contributed by atoms with Crippen molar-refractivity contribution in [1.29, 1.82) is 0 Å². The zero-order valence-electron chi connectivity index (χ0n) is 11.9. The Bertz CT molecular complexity index is 727. The molecule has 0 fully saturated rings. The molecule has 5 heteroatoms. The number of benzene rings is 1. The Morgan fingerprint density at radius 3 is 2.23 bits per heavy atom. The molecule has 0 aliphatic rings. The summed E-state index contributed by atoms with van der Waals surface area (Å²) in [6.45, 7) is 0.542. The molecule has 5 nitrogen and oxygen atoms in total. The van der Waals surface area contributed by atoms with Crippen LogP contribution in [0.1, 0.15) is 17.3 Å². The summed E-state index contributed by atoms with van der Waals surface area (Å²) < 4.78 is 3.68. The SMILES string of the molecule is C#Cc1ccc(C=NCC(n2cccn2)n2cccn2)cc1. The predicted molar refractivity (Wildman–Crippen MR) is 85.7 cm³/mol. The maximum absolute atomic E-state index is 5.35. The lowest BCUT2D eigenvalue weighted by Gasteiger charge is -2.15. The molecule has 0 bridgehead atoms. The number of hydrogen-bond acceptors (Lipinski definition) is 3. The summed E-state index contributed by atoms with van der Waals surface area (Å²) in [7, 11) is 0. The molecule has 0 aliphatic carbocycles. The smallest absolute Gasteiger partial charge is 0.162 e. The van der Waals surface area contributed by atoms with E-state index >= 15 is 0 Å². The number of nitrogens with zero attached hydrogens (tertiary/aromatic N) is 5. The highest BCUT2D eigenvalue weighted by atomic mass is 15.4. The number of terminal acetylenes is 1. The quantitative estimate of drug-likeness (QED) is 0.534. The summed E-state index contributed by atoms with van der Waals surface area (Å²) in [5.41, 5.74) is 1.88. The normalized spacial score (nSPS) is 11.1. The van der Waals surface area contributed by atoms with E-state index in [1.807, 2.05) is 64.4 Å². The van der Waals surface area contributed by atoms with E-state index in [0.29, 0.717) is 6.54 Å². The Labute approximate surface area is 128 Å². The van der Waals surface area contributed by atoms with Crippen molar-refractivity contribution in [2.75, 3.05) is 6.54 Å². The van der Waals surface area contributed by atoms with Crippen LogP contribution in [-0.2, 0) is 0 Å². The van der Waals surface area contributed by atoms with Crippen molar-refractivity contribution in [2.24, 2.45) is 4.99 Å². The maximum atomic E-state index is 5.35. The van der Waals surface area contributed by atoms with Gasteiger partial charge in [-0.05, 0) is 29.8 Å². The number of hydrogen-bond donors (Lipinski definition) is 0. The molecule has 0 amide bonds. The lowest BCUT2D eigenvalue weighted by molar-refractivity contribution is 0.369. The van der Waals surface area contributed by atoms with Gasteiger partial charge in [0.1, 0.15) is 0 Å². The number of rotatable bonds is 5. The predicted octanol–water partition coefficient (Wildman–Crippen LogP) is 2.23. The van der Waals surface area contributed by atoms with Crippen molar-refractivity contribution in [3.8, 4) is 12.3 Å². The van der Waals surface area contributed by atoms with Gasteiger partial charge in [0.05, 0.1) is 6.54 Å². The first-order valence-electron chi connectivity index (χ1n) is 6.91. The summed E-state index contributed by atoms with van der Waals surface area (Å²) >= 11 is 0. The van der Waals surface area contributed by atoms with E-state index in [1.54, 1.807) is 12.4 Å². The lowest BCUT2D eigenvalue weighted by Crippen LogP contribution is -2.22. The van der Waals surface area contributed by atoms with E-state index in [0.717, 1.165) is 11.1 Å². The summed E-state index contributed by atoms with van der Waals surface area (Å²) in [4.78, 5) is 4.51. The fraction of sp³-hybridized carbons (Fsp3) is 0.118. The molecule has 2 aromatic heterocycles. The van der Waals surface area contributed by atoms with Gasteiger partial charge in [-0.3, -0.25) is 4.99 Å². The lowest BCUT2D eigenvalue weighted by atomic mass is 10.1. The van der Waals surface area contributed by atoms with E-state index < -0.39 is 0 Å². The average Bonchev–Trinajstić information content (AvgIpc) is 3.26. The minimum absolute atomic E-state index is 0.0776. The zero-order chi connectivity index (χ0) is 15.2. The van der Waals surface area contributed by atoms with Gasteiger partial charge in [-0.15, -0.1) is 6.42 Å². The van der Waals surface area contributed by atoms with Gasteiger partial charge < -0.3 is 0 Å². The zero-order valence-corrected chi connectivity index (χ0v) is 11.9. The van der Waals surface area contributed by atoms with E-state index in [9.17, 15) is 0 Å². The van der Waals surface area contributed by atoms with Crippen LogP contribution in [-0.4, -0.2) is 32.3 Å². The average molecular weight is 289 g/mol. The monoisotopic (exact) mass is 289 g/mol. The van der Waals surface area contributed by atoms with Gasteiger partial charge in [0, 0.05) is 36.6 Å². The second kappa shape index (κ2) is 6.55. The molecule has 0 atom stereocenters. The highest BCUT2D eigenvalue weighted by Crippen LogP contribution is 2.08. The Morgan fingerprint density at radius 2 is 1.73 bits per heavy atom. The van der Waals surface area contributed by atoms with Crippen LogP contribution in [0.3, 0.4) is 0 Å². The van der Waals surface area contributed by atoms with Crippen molar-refractivity contribution < 1.29 is 0 Å². The third-order valence-electron chi connectivity index (χ3n) is 3.25. The minimum Gasteiger partial charge on any atom is -0.288 e. The molecule has 108 valence electrons. The highest BCUT2D eigenvalue weighted by molar-refractivity contribution is 5.79. The minimum atomic E-state index is -0.0776. The van der Waals surface area contributed by atoms with Crippen LogP contribution in [0.5, 0.6) is 0 Å². The summed E-state index contributed by atoms with van der Waals surface area (Å²) in [5.74, 6) is 2.60. The first-order chi connectivity index (χ1) is 10.9.